The fourth-order valence-electron chi connectivity index (χ4n) is 4.00. The molecule has 4 unspecified atom stereocenters. The highest BCUT2D eigenvalue weighted by Gasteiger charge is 2.39. The molecule has 1 fully saturated rings. The summed E-state index contributed by atoms with van der Waals surface area (Å²) in [7, 11) is 0. The molecule has 1 saturated heterocycles. The molecule has 0 radical (unpaired) electrons. The monoisotopic (exact) mass is 502 g/mol. The van der Waals surface area contributed by atoms with Crippen LogP contribution in [0.1, 0.15) is 24.1 Å². The van der Waals surface area contributed by atoms with E-state index in [4.69, 9.17) is 5.73 Å². The number of aliphatic carboxylic acids is 1. The number of hydrogen-bond acceptors (Lipinski definition) is 7. The lowest BCUT2D eigenvalue weighted by atomic mass is 10.0. The SMILES string of the molecule is NC(CS)C(=O)NC(Cc1cnc[nH]1)C(=O)N1CCCC1C(=O)NC(Cc1ccccc1)C(=O)O. The van der Waals surface area contributed by atoms with Gasteiger partial charge in [-0.2, -0.15) is 12.6 Å². The van der Waals surface area contributed by atoms with Gasteiger partial charge in [-0.3, -0.25) is 14.4 Å². The van der Waals surface area contributed by atoms with Crippen LogP contribution < -0.4 is 16.4 Å². The number of aromatic nitrogens is 2. The van der Waals surface area contributed by atoms with E-state index < -0.39 is 47.9 Å². The predicted octanol–water partition coefficient (Wildman–Crippen LogP) is -0.503. The van der Waals surface area contributed by atoms with E-state index in [9.17, 15) is 24.3 Å². The summed E-state index contributed by atoms with van der Waals surface area (Å²) in [6.07, 6.45) is 4.20. The van der Waals surface area contributed by atoms with Crippen molar-refractivity contribution in [2.24, 2.45) is 5.73 Å². The highest BCUT2D eigenvalue weighted by Crippen LogP contribution is 2.20. The van der Waals surface area contributed by atoms with Gasteiger partial charge in [0.05, 0.1) is 12.4 Å². The second-order valence-corrected chi connectivity index (χ2v) is 8.78. The topological polar surface area (TPSA) is 171 Å². The molecule has 4 atom stereocenters. The molecule has 0 saturated carbocycles. The number of thiol groups is 1. The van der Waals surface area contributed by atoms with Crippen LogP contribution in [-0.4, -0.2) is 80.1 Å². The number of hydrogen-bond donors (Lipinski definition) is 6. The number of rotatable bonds is 11. The number of carbonyl (C=O) groups is 4. The van der Waals surface area contributed by atoms with Gasteiger partial charge in [-0.25, -0.2) is 9.78 Å². The third kappa shape index (κ3) is 7.06. The van der Waals surface area contributed by atoms with Crippen LogP contribution in [0.3, 0.4) is 0 Å². The average molecular weight is 503 g/mol. The van der Waals surface area contributed by atoms with Gasteiger partial charge in [0, 0.05) is 37.0 Å². The van der Waals surface area contributed by atoms with E-state index in [2.05, 4.69) is 33.2 Å². The maximum Gasteiger partial charge on any atom is 0.326 e. The van der Waals surface area contributed by atoms with E-state index in [1.54, 1.807) is 30.5 Å². The molecule has 188 valence electrons. The molecular formula is C23H30N6O5S. The minimum atomic E-state index is -1.16. The van der Waals surface area contributed by atoms with Gasteiger partial charge >= 0.3 is 5.97 Å². The lowest BCUT2D eigenvalue weighted by Crippen LogP contribution is -2.57. The molecule has 11 nitrogen and oxygen atoms in total. The molecule has 6 N–H and O–H groups in total. The second kappa shape index (κ2) is 12.4. The molecule has 12 heteroatoms. The zero-order valence-electron chi connectivity index (χ0n) is 19.1. The summed E-state index contributed by atoms with van der Waals surface area (Å²) in [6, 6.07) is 5.10. The standard InChI is InChI=1S/C23H30N6O5S/c24-16(12-35)20(30)27-17(10-15-11-25-13-26-15)22(32)29-8-4-7-19(29)21(31)28-18(23(33)34)9-14-5-2-1-3-6-14/h1-3,5-6,11,13,16-19,35H,4,7-10,12,24H2,(H,25,26)(H,27,30)(H,28,31)(H,33,34). The van der Waals surface area contributed by atoms with Gasteiger partial charge in [-0.05, 0) is 18.4 Å². The summed E-state index contributed by atoms with van der Waals surface area (Å²) >= 11 is 4.03. The number of nitrogens with one attached hydrogen (secondary N) is 3. The second-order valence-electron chi connectivity index (χ2n) is 8.41. The van der Waals surface area contributed by atoms with Gasteiger partial charge in [0.2, 0.25) is 17.7 Å². The number of carboxylic acids is 1. The predicted molar refractivity (Wildman–Crippen MR) is 130 cm³/mol. The molecule has 2 heterocycles. The van der Waals surface area contributed by atoms with E-state index in [0.717, 1.165) is 5.56 Å². The highest BCUT2D eigenvalue weighted by molar-refractivity contribution is 7.80. The molecule has 1 aromatic carbocycles. The summed E-state index contributed by atoms with van der Waals surface area (Å²) in [5.41, 5.74) is 7.15. The van der Waals surface area contributed by atoms with Crippen molar-refractivity contribution in [1.82, 2.24) is 25.5 Å². The van der Waals surface area contributed by atoms with Gasteiger partial charge < -0.3 is 31.4 Å². The Labute approximate surface area is 208 Å². The Morgan fingerprint density at radius 2 is 1.91 bits per heavy atom. The molecule has 1 aromatic heterocycles. The Hall–Kier alpha value is -3.38. The summed E-state index contributed by atoms with van der Waals surface area (Å²) in [5, 5.41) is 14.9. The minimum absolute atomic E-state index is 0.101. The minimum Gasteiger partial charge on any atom is -0.480 e. The van der Waals surface area contributed by atoms with Crippen LogP contribution in [0.15, 0.2) is 42.9 Å². The Morgan fingerprint density at radius 1 is 1.17 bits per heavy atom. The van der Waals surface area contributed by atoms with Gasteiger partial charge in [-0.1, -0.05) is 30.3 Å². The fourth-order valence-corrected chi connectivity index (χ4v) is 4.16. The number of benzene rings is 1. The average Bonchev–Trinajstić information content (AvgIpc) is 3.55. The number of nitrogens with two attached hydrogens (primary N) is 1. The van der Waals surface area contributed by atoms with Crippen LogP contribution in [0.5, 0.6) is 0 Å². The van der Waals surface area contributed by atoms with Gasteiger partial charge in [0.15, 0.2) is 0 Å². The number of amides is 3. The van der Waals surface area contributed by atoms with E-state index in [1.165, 1.54) is 11.2 Å². The van der Waals surface area contributed by atoms with Crippen molar-refractivity contribution >= 4 is 36.3 Å². The van der Waals surface area contributed by atoms with Crippen LogP contribution in [0.2, 0.25) is 0 Å². The number of nitrogens with zero attached hydrogens (tertiary/aromatic N) is 2. The van der Waals surface area contributed by atoms with Crippen molar-refractivity contribution < 1.29 is 24.3 Å². The van der Waals surface area contributed by atoms with E-state index >= 15 is 0 Å². The number of imidazole rings is 1. The zero-order chi connectivity index (χ0) is 25.4. The maximum absolute atomic E-state index is 13.5. The molecule has 35 heavy (non-hydrogen) atoms. The first kappa shape index (κ1) is 26.2. The molecule has 3 amide bonds. The first-order valence-electron chi connectivity index (χ1n) is 11.3. The van der Waals surface area contributed by atoms with Crippen LogP contribution in [0, 0.1) is 0 Å². The van der Waals surface area contributed by atoms with E-state index in [-0.39, 0.29) is 18.6 Å². The molecule has 2 aromatic rings. The summed E-state index contributed by atoms with van der Waals surface area (Å²) < 4.78 is 0. The van der Waals surface area contributed by atoms with Crippen molar-refractivity contribution in [3.05, 3.63) is 54.1 Å². The maximum atomic E-state index is 13.5. The Balaban J connectivity index is 1.73. The molecule has 3 rings (SSSR count). The fraction of sp³-hybridized carbons (Fsp3) is 0.435. The summed E-state index contributed by atoms with van der Waals surface area (Å²) in [4.78, 5) is 59.0. The molecule has 1 aliphatic heterocycles. The number of H-pyrrole nitrogens is 1. The Kier molecular flexibility index (Phi) is 9.26. The van der Waals surface area contributed by atoms with Crippen LogP contribution in [0.4, 0.5) is 0 Å². The molecular weight excluding hydrogens is 472 g/mol. The van der Waals surface area contributed by atoms with Gasteiger partial charge in [-0.15, -0.1) is 0 Å². The van der Waals surface area contributed by atoms with Crippen molar-refractivity contribution in [2.45, 2.75) is 49.9 Å². The Morgan fingerprint density at radius 3 is 2.54 bits per heavy atom. The van der Waals surface area contributed by atoms with Crippen LogP contribution in [0.25, 0.3) is 0 Å². The van der Waals surface area contributed by atoms with Crippen molar-refractivity contribution in [1.29, 1.82) is 0 Å². The molecule has 0 spiro atoms. The van der Waals surface area contributed by atoms with Crippen molar-refractivity contribution in [3.63, 3.8) is 0 Å². The van der Waals surface area contributed by atoms with Crippen LogP contribution in [-0.2, 0) is 32.0 Å². The number of aromatic amines is 1. The number of likely N-dealkylation sites (tertiary alicyclic amines) is 1. The molecule has 0 bridgehead atoms. The quantitative estimate of drug-likeness (QED) is 0.225. The third-order valence-electron chi connectivity index (χ3n) is 5.86. The van der Waals surface area contributed by atoms with E-state index in [0.29, 0.717) is 25.1 Å². The van der Waals surface area contributed by atoms with Crippen molar-refractivity contribution in [3.8, 4) is 0 Å². The number of carboxylic acid groups (broad SMARTS) is 1. The van der Waals surface area contributed by atoms with Gasteiger partial charge in [0.1, 0.15) is 18.1 Å². The van der Waals surface area contributed by atoms with Crippen molar-refractivity contribution in [2.75, 3.05) is 12.3 Å². The first-order valence-corrected chi connectivity index (χ1v) is 11.9. The molecule has 1 aliphatic rings. The number of carbonyl (C=O) groups excluding carboxylic acids is 3. The lowest BCUT2D eigenvalue weighted by molar-refractivity contribution is -0.144. The summed E-state index contributed by atoms with van der Waals surface area (Å²) in [5.74, 6) is -2.59. The highest BCUT2D eigenvalue weighted by atomic mass is 32.1. The largest absolute Gasteiger partial charge is 0.480 e. The van der Waals surface area contributed by atoms with E-state index in [1.807, 2.05) is 6.07 Å². The molecule has 0 aliphatic carbocycles. The summed E-state index contributed by atoms with van der Waals surface area (Å²) in [6.45, 7) is 0.307. The zero-order valence-corrected chi connectivity index (χ0v) is 20.0. The van der Waals surface area contributed by atoms with Gasteiger partial charge in [0.25, 0.3) is 0 Å². The first-order chi connectivity index (χ1) is 16.8. The lowest BCUT2D eigenvalue weighted by Gasteiger charge is -2.29. The smallest absolute Gasteiger partial charge is 0.326 e. The normalized spacial score (nSPS) is 17.9. The van der Waals surface area contributed by atoms with Crippen LogP contribution >= 0.6 is 12.6 Å². The Bertz CT molecular complexity index is 1020. The third-order valence-corrected chi connectivity index (χ3v) is 6.26.